The van der Waals surface area contributed by atoms with Gasteiger partial charge in [0.05, 0.1) is 6.04 Å². The van der Waals surface area contributed by atoms with Gasteiger partial charge in [0.15, 0.2) is 0 Å². The van der Waals surface area contributed by atoms with Gasteiger partial charge in [-0.25, -0.2) is 9.97 Å². The Morgan fingerprint density at radius 2 is 1.95 bits per heavy atom. The van der Waals surface area contributed by atoms with E-state index in [4.69, 9.17) is 23.2 Å². The summed E-state index contributed by atoms with van der Waals surface area (Å²) in [5.74, 6) is 0.759. The van der Waals surface area contributed by atoms with Gasteiger partial charge in [-0.2, -0.15) is 0 Å². The molecule has 0 aliphatic rings. The highest BCUT2D eigenvalue weighted by Crippen LogP contribution is 2.28. The molecule has 3 nitrogen and oxygen atoms in total. The first-order valence-corrected chi connectivity index (χ1v) is 6.89. The van der Waals surface area contributed by atoms with Gasteiger partial charge in [0, 0.05) is 10.6 Å². The van der Waals surface area contributed by atoms with Gasteiger partial charge in [-0.1, -0.05) is 48.3 Å². The Bertz CT molecular complexity index is 572. The van der Waals surface area contributed by atoms with E-state index in [0.717, 1.165) is 28.4 Å². The smallest absolute Gasteiger partial charge is 0.137 e. The highest BCUT2D eigenvalue weighted by molar-refractivity contribution is 6.31. The van der Waals surface area contributed by atoms with Crippen molar-refractivity contribution in [2.45, 2.75) is 26.3 Å². The standard InChI is InChI=1S/C14H15Cl2N3/c1-3-10-13(16)17-8-18-14(10)19-9(2)11-6-4-5-7-12(11)15/h4-9H,3H2,1-2H3,(H,17,18,19). The van der Waals surface area contributed by atoms with Crippen LogP contribution in [0.15, 0.2) is 30.6 Å². The Morgan fingerprint density at radius 1 is 1.21 bits per heavy atom. The van der Waals surface area contributed by atoms with E-state index < -0.39 is 0 Å². The number of nitrogens with zero attached hydrogens (tertiary/aromatic N) is 2. The number of anilines is 1. The molecule has 2 aromatic rings. The van der Waals surface area contributed by atoms with Crippen molar-refractivity contribution >= 4 is 29.0 Å². The number of nitrogens with one attached hydrogen (secondary N) is 1. The zero-order valence-electron chi connectivity index (χ0n) is 10.8. The predicted octanol–water partition coefficient (Wildman–Crippen LogP) is 4.52. The van der Waals surface area contributed by atoms with Gasteiger partial charge in [0.25, 0.3) is 0 Å². The SMILES string of the molecule is CCc1c(Cl)ncnc1NC(C)c1ccccc1Cl. The van der Waals surface area contributed by atoms with Gasteiger partial charge >= 0.3 is 0 Å². The molecule has 0 radical (unpaired) electrons. The molecular weight excluding hydrogens is 281 g/mol. The Labute approximate surface area is 123 Å². The molecule has 2 rings (SSSR count). The summed E-state index contributed by atoms with van der Waals surface area (Å²) in [6.45, 7) is 4.06. The van der Waals surface area contributed by atoms with Crippen molar-refractivity contribution in [3.8, 4) is 0 Å². The van der Waals surface area contributed by atoms with Gasteiger partial charge < -0.3 is 5.32 Å². The van der Waals surface area contributed by atoms with Gasteiger partial charge in [-0.3, -0.25) is 0 Å². The molecule has 0 aliphatic heterocycles. The van der Waals surface area contributed by atoms with E-state index in [1.165, 1.54) is 6.33 Å². The Balaban J connectivity index is 2.27. The van der Waals surface area contributed by atoms with Crippen molar-refractivity contribution in [1.29, 1.82) is 0 Å². The molecule has 0 bridgehead atoms. The zero-order valence-corrected chi connectivity index (χ0v) is 12.3. The van der Waals surface area contributed by atoms with E-state index in [2.05, 4.69) is 15.3 Å². The minimum Gasteiger partial charge on any atom is -0.363 e. The lowest BCUT2D eigenvalue weighted by Crippen LogP contribution is -2.11. The molecule has 1 heterocycles. The number of aromatic nitrogens is 2. The molecule has 0 saturated carbocycles. The first-order chi connectivity index (χ1) is 9.13. The monoisotopic (exact) mass is 295 g/mol. The second kappa shape index (κ2) is 6.22. The third kappa shape index (κ3) is 3.17. The van der Waals surface area contributed by atoms with E-state index in [1.807, 2.05) is 38.1 Å². The summed E-state index contributed by atoms with van der Waals surface area (Å²) in [4.78, 5) is 8.25. The highest BCUT2D eigenvalue weighted by atomic mass is 35.5. The average molecular weight is 296 g/mol. The lowest BCUT2D eigenvalue weighted by molar-refractivity contribution is 0.863. The van der Waals surface area contributed by atoms with Crippen molar-refractivity contribution < 1.29 is 0 Å². The van der Waals surface area contributed by atoms with Crippen LogP contribution < -0.4 is 5.32 Å². The largest absolute Gasteiger partial charge is 0.363 e. The highest BCUT2D eigenvalue weighted by Gasteiger charge is 2.13. The maximum atomic E-state index is 6.19. The van der Waals surface area contributed by atoms with Crippen LogP contribution in [-0.4, -0.2) is 9.97 Å². The maximum absolute atomic E-state index is 6.19. The molecule has 0 saturated heterocycles. The van der Waals surface area contributed by atoms with Crippen molar-refractivity contribution in [2.75, 3.05) is 5.32 Å². The van der Waals surface area contributed by atoms with Crippen molar-refractivity contribution in [3.05, 3.63) is 51.9 Å². The fraction of sp³-hybridized carbons (Fsp3) is 0.286. The van der Waals surface area contributed by atoms with E-state index >= 15 is 0 Å². The first kappa shape index (κ1) is 14.1. The third-order valence-corrected chi connectivity index (χ3v) is 3.64. The summed E-state index contributed by atoms with van der Waals surface area (Å²) >= 11 is 12.3. The van der Waals surface area contributed by atoms with Crippen LogP contribution >= 0.6 is 23.2 Å². The Morgan fingerprint density at radius 3 is 2.63 bits per heavy atom. The number of benzene rings is 1. The fourth-order valence-electron chi connectivity index (χ4n) is 1.94. The molecule has 0 spiro atoms. The second-order valence-electron chi connectivity index (χ2n) is 4.23. The summed E-state index contributed by atoms with van der Waals surface area (Å²) in [7, 11) is 0. The molecule has 0 fully saturated rings. The van der Waals surface area contributed by atoms with E-state index in [1.54, 1.807) is 0 Å². The van der Waals surface area contributed by atoms with Crippen LogP contribution in [0.4, 0.5) is 5.82 Å². The zero-order chi connectivity index (χ0) is 13.8. The van der Waals surface area contributed by atoms with Gasteiger partial charge in [0.2, 0.25) is 0 Å². The minimum atomic E-state index is 0.0463. The Hall–Kier alpha value is -1.32. The van der Waals surface area contributed by atoms with E-state index in [9.17, 15) is 0 Å². The van der Waals surface area contributed by atoms with Crippen molar-refractivity contribution in [2.24, 2.45) is 0 Å². The first-order valence-electron chi connectivity index (χ1n) is 6.13. The quantitative estimate of drug-likeness (QED) is 0.843. The normalized spacial score (nSPS) is 12.2. The summed E-state index contributed by atoms with van der Waals surface area (Å²) in [5.41, 5.74) is 1.95. The predicted molar refractivity (Wildman–Crippen MR) is 79.9 cm³/mol. The topological polar surface area (TPSA) is 37.8 Å². The lowest BCUT2D eigenvalue weighted by atomic mass is 10.1. The Kier molecular flexibility index (Phi) is 4.61. The molecule has 1 aromatic heterocycles. The third-order valence-electron chi connectivity index (χ3n) is 2.97. The van der Waals surface area contributed by atoms with Crippen LogP contribution in [0.25, 0.3) is 0 Å². The average Bonchev–Trinajstić information content (AvgIpc) is 2.39. The van der Waals surface area contributed by atoms with Crippen LogP contribution in [0.5, 0.6) is 0 Å². The van der Waals surface area contributed by atoms with Crippen LogP contribution in [0.1, 0.15) is 31.0 Å². The van der Waals surface area contributed by atoms with E-state index in [0.29, 0.717) is 5.15 Å². The summed E-state index contributed by atoms with van der Waals surface area (Å²) in [6, 6.07) is 7.80. The lowest BCUT2D eigenvalue weighted by Gasteiger charge is -2.18. The molecule has 19 heavy (non-hydrogen) atoms. The van der Waals surface area contributed by atoms with Crippen LogP contribution in [0, 0.1) is 0 Å². The van der Waals surface area contributed by atoms with E-state index in [-0.39, 0.29) is 6.04 Å². The van der Waals surface area contributed by atoms with Gasteiger partial charge in [-0.05, 0) is 25.0 Å². The minimum absolute atomic E-state index is 0.0463. The van der Waals surface area contributed by atoms with Gasteiger partial charge in [0.1, 0.15) is 17.3 Å². The number of hydrogen-bond acceptors (Lipinski definition) is 3. The van der Waals surface area contributed by atoms with Crippen LogP contribution in [-0.2, 0) is 6.42 Å². The number of rotatable bonds is 4. The summed E-state index contributed by atoms with van der Waals surface area (Å²) in [5, 5.41) is 4.57. The van der Waals surface area contributed by atoms with Crippen molar-refractivity contribution in [3.63, 3.8) is 0 Å². The molecule has 1 unspecified atom stereocenters. The van der Waals surface area contributed by atoms with Crippen LogP contribution in [0.2, 0.25) is 10.2 Å². The number of hydrogen-bond donors (Lipinski definition) is 1. The molecule has 1 N–H and O–H groups in total. The molecular formula is C14H15Cl2N3. The summed E-state index contributed by atoms with van der Waals surface area (Å²) in [6.07, 6.45) is 2.24. The van der Waals surface area contributed by atoms with Gasteiger partial charge in [-0.15, -0.1) is 0 Å². The molecule has 5 heteroatoms. The molecule has 1 aromatic carbocycles. The molecule has 1 atom stereocenters. The molecule has 0 amide bonds. The maximum Gasteiger partial charge on any atom is 0.137 e. The second-order valence-corrected chi connectivity index (χ2v) is 5.00. The number of halogens is 2. The van der Waals surface area contributed by atoms with Crippen molar-refractivity contribution in [1.82, 2.24) is 9.97 Å². The fourth-order valence-corrected chi connectivity index (χ4v) is 2.50. The summed E-state index contributed by atoms with van der Waals surface area (Å²) < 4.78 is 0. The molecule has 0 aliphatic carbocycles. The molecule has 100 valence electrons. The van der Waals surface area contributed by atoms with Crippen LogP contribution in [0.3, 0.4) is 0 Å².